The normalized spacial score (nSPS) is 14.6. The number of hydrogen-bond acceptors (Lipinski definition) is 1. The van der Waals surface area contributed by atoms with Crippen molar-refractivity contribution in [2.24, 2.45) is 10.8 Å². The van der Waals surface area contributed by atoms with E-state index in [-0.39, 0.29) is 0 Å². The van der Waals surface area contributed by atoms with Crippen molar-refractivity contribution in [3.8, 4) is 0 Å². The fourth-order valence-corrected chi connectivity index (χ4v) is 3.34. The molecule has 0 aromatic carbocycles. The van der Waals surface area contributed by atoms with E-state index in [0.717, 1.165) is 0 Å². The van der Waals surface area contributed by atoms with E-state index in [4.69, 9.17) is 0 Å². The summed E-state index contributed by atoms with van der Waals surface area (Å²) in [5, 5.41) is 0. The minimum absolute atomic E-state index is 0.343. The summed E-state index contributed by atoms with van der Waals surface area (Å²) in [5.41, 5.74) is 0.705. The van der Waals surface area contributed by atoms with E-state index in [2.05, 4.69) is 67.2 Å². The molecule has 0 rings (SSSR count). The Morgan fingerprint density at radius 3 is 1.36 bits per heavy atom. The summed E-state index contributed by atoms with van der Waals surface area (Å²) in [7, 11) is 0. The maximum atomic E-state index is 2.42. The molecule has 0 aliphatic carbocycles. The Hall–Kier alpha value is 0.350. The van der Waals surface area contributed by atoms with Crippen LogP contribution < -0.4 is 0 Å². The first-order chi connectivity index (χ1) is 6.06. The molecule has 0 unspecified atom stereocenters. The lowest BCUT2D eigenvalue weighted by molar-refractivity contribution is 0.158. The molecule has 0 heterocycles. The standard InChI is InChI=1S/C13H28S/c1-9-10-14-13(8,11(2,3)4)12(5,6)7/h9-10H2,1-8H3. The number of rotatable bonds is 3. The summed E-state index contributed by atoms with van der Waals surface area (Å²) in [5.74, 6) is 1.27. The van der Waals surface area contributed by atoms with Crippen LogP contribution in [0.1, 0.15) is 61.8 Å². The zero-order valence-electron chi connectivity index (χ0n) is 11.3. The van der Waals surface area contributed by atoms with Gasteiger partial charge >= 0.3 is 0 Å². The van der Waals surface area contributed by atoms with Gasteiger partial charge in [0.1, 0.15) is 0 Å². The third-order valence-corrected chi connectivity index (χ3v) is 5.87. The Morgan fingerprint density at radius 1 is 0.786 bits per heavy atom. The summed E-state index contributed by atoms with van der Waals surface area (Å²) in [6.45, 7) is 18.9. The highest BCUT2D eigenvalue weighted by Crippen LogP contribution is 2.52. The molecule has 0 fully saturated rings. The SMILES string of the molecule is CCCSC(C)(C(C)(C)C)C(C)(C)C. The molecule has 0 spiro atoms. The zero-order valence-corrected chi connectivity index (χ0v) is 12.1. The first-order valence-corrected chi connectivity index (χ1v) is 6.69. The van der Waals surface area contributed by atoms with Crippen LogP contribution in [0.3, 0.4) is 0 Å². The molecule has 14 heavy (non-hydrogen) atoms. The highest BCUT2D eigenvalue weighted by Gasteiger charge is 2.46. The molecule has 0 saturated carbocycles. The van der Waals surface area contributed by atoms with Gasteiger partial charge in [-0.2, -0.15) is 11.8 Å². The van der Waals surface area contributed by atoms with E-state index in [1.54, 1.807) is 0 Å². The third-order valence-electron chi connectivity index (χ3n) is 3.46. The molecule has 0 aromatic heterocycles. The lowest BCUT2D eigenvalue weighted by atomic mass is 9.67. The van der Waals surface area contributed by atoms with E-state index in [1.807, 2.05) is 0 Å². The first kappa shape index (κ1) is 14.3. The fourth-order valence-electron chi connectivity index (χ4n) is 1.86. The van der Waals surface area contributed by atoms with Gasteiger partial charge in [-0.25, -0.2) is 0 Å². The largest absolute Gasteiger partial charge is 0.154 e. The van der Waals surface area contributed by atoms with Crippen LogP contribution in [0.5, 0.6) is 0 Å². The molecule has 0 atom stereocenters. The van der Waals surface area contributed by atoms with E-state index in [0.29, 0.717) is 15.6 Å². The molecule has 0 bridgehead atoms. The van der Waals surface area contributed by atoms with Crippen LogP contribution in [-0.2, 0) is 0 Å². The van der Waals surface area contributed by atoms with Gasteiger partial charge in [0, 0.05) is 4.75 Å². The van der Waals surface area contributed by atoms with Crippen LogP contribution in [0.15, 0.2) is 0 Å². The Kier molecular flexibility index (Phi) is 4.58. The average Bonchev–Trinajstić information content (AvgIpc) is 1.95. The molecule has 0 aliphatic heterocycles. The van der Waals surface area contributed by atoms with Crippen LogP contribution in [0.4, 0.5) is 0 Å². The lowest BCUT2D eigenvalue weighted by Crippen LogP contribution is -2.47. The minimum atomic E-state index is 0.343. The maximum Gasteiger partial charge on any atom is 0.0228 e. The van der Waals surface area contributed by atoms with E-state index < -0.39 is 0 Å². The van der Waals surface area contributed by atoms with Crippen molar-refractivity contribution in [3.63, 3.8) is 0 Å². The van der Waals surface area contributed by atoms with Crippen LogP contribution in [0.25, 0.3) is 0 Å². The van der Waals surface area contributed by atoms with E-state index in [9.17, 15) is 0 Å². The van der Waals surface area contributed by atoms with Gasteiger partial charge in [-0.05, 0) is 29.9 Å². The predicted octanol–water partition coefficient (Wildman–Crippen LogP) is 4.98. The molecule has 0 saturated heterocycles. The average molecular weight is 216 g/mol. The van der Waals surface area contributed by atoms with Gasteiger partial charge in [0.2, 0.25) is 0 Å². The van der Waals surface area contributed by atoms with Crippen molar-refractivity contribution >= 4 is 11.8 Å². The molecular weight excluding hydrogens is 188 g/mol. The third kappa shape index (κ3) is 2.92. The summed E-state index contributed by atoms with van der Waals surface area (Å²) < 4.78 is 0.343. The van der Waals surface area contributed by atoms with E-state index >= 15 is 0 Å². The quantitative estimate of drug-likeness (QED) is 0.641. The van der Waals surface area contributed by atoms with Gasteiger partial charge in [0.15, 0.2) is 0 Å². The van der Waals surface area contributed by atoms with Crippen LogP contribution >= 0.6 is 11.8 Å². The highest BCUT2D eigenvalue weighted by atomic mass is 32.2. The number of thioether (sulfide) groups is 1. The Labute approximate surface area is 95.2 Å². The molecule has 0 nitrogen and oxygen atoms in total. The summed E-state index contributed by atoms with van der Waals surface area (Å²) in [6, 6.07) is 0. The summed E-state index contributed by atoms with van der Waals surface area (Å²) >= 11 is 2.14. The van der Waals surface area contributed by atoms with Crippen LogP contribution in [0, 0.1) is 10.8 Å². The van der Waals surface area contributed by atoms with Crippen molar-refractivity contribution in [2.45, 2.75) is 66.6 Å². The maximum absolute atomic E-state index is 2.42. The second-order valence-electron chi connectivity index (χ2n) is 6.38. The van der Waals surface area contributed by atoms with Crippen LogP contribution in [0.2, 0.25) is 0 Å². The molecular formula is C13H28S. The number of hydrogen-bond donors (Lipinski definition) is 0. The molecule has 86 valence electrons. The smallest absolute Gasteiger partial charge is 0.0228 e. The summed E-state index contributed by atoms with van der Waals surface area (Å²) in [4.78, 5) is 0. The Morgan fingerprint density at radius 2 is 1.14 bits per heavy atom. The van der Waals surface area contributed by atoms with Crippen molar-refractivity contribution in [2.75, 3.05) is 5.75 Å². The molecule has 0 aliphatic rings. The van der Waals surface area contributed by atoms with Gasteiger partial charge in [-0.1, -0.05) is 48.5 Å². The zero-order chi connectivity index (χ0) is 11.6. The van der Waals surface area contributed by atoms with Crippen molar-refractivity contribution in [1.82, 2.24) is 0 Å². The second kappa shape index (κ2) is 4.47. The topological polar surface area (TPSA) is 0 Å². The van der Waals surface area contributed by atoms with Crippen molar-refractivity contribution in [3.05, 3.63) is 0 Å². The second-order valence-corrected chi connectivity index (χ2v) is 7.90. The molecule has 0 amide bonds. The summed E-state index contributed by atoms with van der Waals surface area (Å²) in [6.07, 6.45) is 1.27. The fraction of sp³-hybridized carbons (Fsp3) is 1.00. The van der Waals surface area contributed by atoms with Crippen molar-refractivity contribution < 1.29 is 0 Å². The monoisotopic (exact) mass is 216 g/mol. The first-order valence-electron chi connectivity index (χ1n) is 5.70. The Bertz CT molecular complexity index is 155. The Balaban J connectivity index is 4.87. The van der Waals surface area contributed by atoms with Gasteiger partial charge in [0.05, 0.1) is 0 Å². The molecule has 1 heteroatoms. The van der Waals surface area contributed by atoms with Gasteiger partial charge in [0.25, 0.3) is 0 Å². The molecule has 0 aromatic rings. The van der Waals surface area contributed by atoms with Gasteiger partial charge in [-0.3, -0.25) is 0 Å². The lowest BCUT2D eigenvalue weighted by Gasteiger charge is -2.51. The van der Waals surface area contributed by atoms with E-state index in [1.165, 1.54) is 12.2 Å². The molecule has 0 N–H and O–H groups in total. The van der Waals surface area contributed by atoms with Crippen LogP contribution in [-0.4, -0.2) is 10.5 Å². The minimum Gasteiger partial charge on any atom is -0.154 e. The van der Waals surface area contributed by atoms with Gasteiger partial charge < -0.3 is 0 Å². The predicted molar refractivity (Wildman–Crippen MR) is 70.1 cm³/mol. The van der Waals surface area contributed by atoms with Gasteiger partial charge in [-0.15, -0.1) is 0 Å². The highest BCUT2D eigenvalue weighted by molar-refractivity contribution is 8.00. The molecule has 0 radical (unpaired) electrons. The van der Waals surface area contributed by atoms with Crippen molar-refractivity contribution in [1.29, 1.82) is 0 Å².